The fraction of sp³-hybridized carbons (Fsp3) is 0.263. The lowest BCUT2D eigenvalue weighted by Crippen LogP contribution is -2.34. The predicted octanol–water partition coefficient (Wildman–Crippen LogP) is 4.72. The number of para-hydroxylation sites is 1. The van der Waals surface area contributed by atoms with E-state index < -0.39 is 0 Å². The molecule has 3 aromatic rings. The molecule has 0 saturated heterocycles. The van der Waals surface area contributed by atoms with E-state index in [1.807, 2.05) is 35.2 Å². The van der Waals surface area contributed by atoms with Gasteiger partial charge < -0.3 is 4.90 Å². The van der Waals surface area contributed by atoms with Crippen molar-refractivity contribution in [3.8, 4) is 0 Å². The standard InChI is InChI=1S/C19H17FN2OS2/c20-15-6-2-1-5-13(15)11-22(14-9-10-14)18(23)12-24-19-21-16-7-3-4-8-17(16)25-19/h1-8,14H,9-12H2. The largest absolute Gasteiger partial charge is 0.335 e. The summed E-state index contributed by atoms with van der Waals surface area (Å²) in [6.07, 6.45) is 2.01. The maximum absolute atomic E-state index is 13.9. The van der Waals surface area contributed by atoms with E-state index in [9.17, 15) is 9.18 Å². The molecule has 1 amide bonds. The number of aromatic nitrogens is 1. The summed E-state index contributed by atoms with van der Waals surface area (Å²) >= 11 is 3.07. The Morgan fingerprint density at radius 3 is 2.72 bits per heavy atom. The summed E-state index contributed by atoms with van der Waals surface area (Å²) in [4.78, 5) is 19.1. The van der Waals surface area contributed by atoms with Crippen molar-refractivity contribution in [1.29, 1.82) is 0 Å². The number of fused-ring (bicyclic) bond motifs is 1. The van der Waals surface area contributed by atoms with Gasteiger partial charge in [0.2, 0.25) is 5.91 Å². The quantitative estimate of drug-likeness (QED) is 0.587. The summed E-state index contributed by atoms with van der Waals surface area (Å²) in [5.74, 6) is 0.139. The maximum Gasteiger partial charge on any atom is 0.233 e. The van der Waals surface area contributed by atoms with Gasteiger partial charge in [-0.3, -0.25) is 4.79 Å². The van der Waals surface area contributed by atoms with Crippen molar-refractivity contribution < 1.29 is 9.18 Å². The molecule has 3 nitrogen and oxygen atoms in total. The molecule has 0 bridgehead atoms. The Labute approximate surface area is 153 Å². The van der Waals surface area contributed by atoms with Crippen molar-refractivity contribution in [2.24, 2.45) is 0 Å². The van der Waals surface area contributed by atoms with Crippen LogP contribution in [0.15, 0.2) is 52.9 Å². The molecule has 25 heavy (non-hydrogen) atoms. The third-order valence-electron chi connectivity index (χ3n) is 4.20. The van der Waals surface area contributed by atoms with E-state index in [0.717, 1.165) is 27.4 Å². The summed E-state index contributed by atoms with van der Waals surface area (Å²) < 4.78 is 15.9. The third kappa shape index (κ3) is 3.85. The molecule has 1 saturated carbocycles. The number of halogens is 1. The van der Waals surface area contributed by atoms with E-state index in [4.69, 9.17) is 0 Å². The molecule has 1 aromatic heterocycles. The molecule has 0 unspecified atom stereocenters. The molecular formula is C19H17FN2OS2. The number of amides is 1. The second kappa shape index (κ2) is 7.14. The number of thioether (sulfide) groups is 1. The van der Waals surface area contributed by atoms with Crippen LogP contribution in [0.1, 0.15) is 18.4 Å². The van der Waals surface area contributed by atoms with Crippen LogP contribution in [0.5, 0.6) is 0 Å². The van der Waals surface area contributed by atoms with E-state index in [0.29, 0.717) is 17.9 Å². The number of thiazole rings is 1. The van der Waals surface area contributed by atoms with Crippen LogP contribution in [0.3, 0.4) is 0 Å². The van der Waals surface area contributed by atoms with Crippen LogP contribution >= 0.6 is 23.1 Å². The van der Waals surface area contributed by atoms with Crippen molar-refractivity contribution in [3.63, 3.8) is 0 Å². The Morgan fingerprint density at radius 1 is 1.20 bits per heavy atom. The van der Waals surface area contributed by atoms with Gasteiger partial charge in [-0.1, -0.05) is 42.1 Å². The lowest BCUT2D eigenvalue weighted by Gasteiger charge is -2.22. The molecule has 4 rings (SSSR count). The molecule has 1 aliphatic carbocycles. The first-order valence-corrected chi connectivity index (χ1v) is 10.0. The summed E-state index contributed by atoms with van der Waals surface area (Å²) in [7, 11) is 0. The molecule has 1 aliphatic rings. The molecular weight excluding hydrogens is 355 g/mol. The second-order valence-electron chi connectivity index (χ2n) is 6.08. The summed E-state index contributed by atoms with van der Waals surface area (Å²) in [5, 5.41) is 0. The normalized spacial score (nSPS) is 14.0. The number of carbonyl (C=O) groups excluding carboxylic acids is 1. The molecule has 0 N–H and O–H groups in total. The lowest BCUT2D eigenvalue weighted by atomic mass is 10.2. The monoisotopic (exact) mass is 372 g/mol. The Balaban J connectivity index is 1.43. The first-order valence-electron chi connectivity index (χ1n) is 8.22. The van der Waals surface area contributed by atoms with E-state index in [-0.39, 0.29) is 17.8 Å². The van der Waals surface area contributed by atoms with Gasteiger partial charge in [0.15, 0.2) is 4.34 Å². The highest BCUT2D eigenvalue weighted by Crippen LogP contribution is 2.32. The average molecular weight is 372 g/mol. The second-order valence-corrected chi connectivity index (χ2v) is 8.33. The highest BCUT2D eigenvalue weighted by Gasteiger charge is 2.32. The molecule has 0 aliphatic heterocycles. The number of benzene rings is 2. The van der Waals surface area contributed by atoms with E-state index in [1.165, 1.54) is 17.8 Å². The minimum absolute atomic E-state index is 0.0509. The fourth-order valence-corrected chi connectivity index (χ4v) is 4.69. The van der Waals surface area contributed by atoms with Gasteiger partial charge in [0.1, 0.15) is 5.82 Å². The fourth-order valence-electron chi connectivity index (χ4n) is 2.74. The van der Waals surface area contributed by atoms with Gasteiger partial charge in [-0.05, 0) is 31.0 Å². The molecule has 2 aromatic carbocycles. The number of rotatable bonds is 6. The van der Waals surface area contributed by atoms with Crippen LogP contribution < -0.4 is 0 Å². The molecule has 0 atom stereocenters. The summed E-state index contributed by atoms with van der Waals surface area (Å²) in [6.45, 7) is 0.344. The van der Waals surface area contributed by atoms with Gasteiger partial charge in [-0.2, -0.15) is 0 Å². The number of hydrogen-bond donors (Lipinski definition) is 0. The van der Waals surface area contributed by atoms with Crippen molar-refractivity contribution in [1.82, 2.24) is 9.88 Å². The minimum Gasteiger partial charge on any atom is -0.335 e. The van der Waals surface area contributed by atoms with E-state index >= 15 is 0 Å². The molecule has 1 fully saturated rings. The average Bonchev–Trinajstić information content (AvgIpc) is 3.37. The van der Waals surface area contributed by atoms with Gasteiger partial charge >= 0.3 is 0 Å². The van der Waals surface area contributed by atoms with Gasteiger partial charge in [-0.15, -0.1) is 11.3 Å². The van der Waals surface area contributed by atoms with E-state index in [1.54, 1.807) is 23.5 Å². The number of hydrogen-bond acceptors (Lipinski definition) is 4. The first kappa shape index (κ1) is 16.5. The van der Waals surface area contributed by atoms with Crippen LogP contribution in [0, 0.1) is 5.82 Å². The summed E-state index contributed by atoms with van der Waals surface area (Å²) in [6, 6.07) is 14.9. The molecule has 0 spiro atoms. The smallest absolute Gasteiger partial charge is 0.233 e. The van der Waals surface area contributed by atoms with Crippen LogP contribution in [-0.2, 0) is 11.3 Å². The molecule has 128 valence electrons. The minimum atomic E-state index is -0.250. The zero-order valence-corrected chi connectivity index (χ0v) is 15.2. The zero-order chi connectivity index (χ0) is 17.2. The van der Waals surface area contributed by atoms with Crippen molar-refractivity contribution in [2.45, 2.75) is 29.8 Å². The van der Waals surface area contributed by atoms with Gasteiger partial charge in [0, 0.05) is 18.2 Å². The lowest BCUT2D eigenvalue weighted by molar-refractivity contribution is -0.129. The van der Waals surface area contributed by atoms with Crippen molar-refractivity contribution >= 4 is 39.2 Å². The highest BCUT2D eigenvalue weighted by molar-refractivity contribution is 8.01. The first-order chi connectivity index (χ1) is 12.2. The number of carbonyl (C=O) groups is 1. The number of nitrogens with zero attached hydrogens (tertiary/aromatic N) is 2. The van der Waals surface area contributed by atoms with Crippen LogP contribution in [0.2, 0.25) is 0 Å². The van der Waals surface area contributed by atoms with Gasteiger partial charge in [0.25, 0.3) is 0 Å². The SMILES string of the molecule is O=C(CSc1nc2ccccc2s1)N(Cc1ccccc1F)C1CC1. The third-order valence-corrected chi connectivity index (χ3v) is 6.36. The zero-order valence-electron chi connectivity index (χ0n) is 13.5. The summed E-state index contributed by atoms with van der Waals surface area (Å²) in [5.41, 5.74) is 1.54. The van der Waals surface area contributed by atoms with Crippen molar-refractivity contribution in [3.05, 3.63) is 59.9 Å². The van der Waals surface area contributed by atoms with Crippen LogP contribution in [0.4, 0.5) is 4.39 Å². The van der Waals surface area contributed by atoms with Gasteiger partial charge in [0.05, 0.1) is 16.0 Å². The Hall–Kier alpha value is -1.92. The topological polar surface area (TPSA) is 33.2 Å². The van der Waals surface area contributed by atoms with E-state index in [2.05, 4.69) is 4.98 Å². The van der Waals surface area contributed by atoms with Crippen molar-refractivity contribution in [2.75, 3.05) is 5.75 Å². The Bertz CT molecular complexity index is 874. The van der Waals surface area contributed by atoms with Crippen LogP contribution in [-0.4, -0.2) is 27.6 Å². The highest BCUT2D eigenvalue weighted by atomic mass is 32.2. The Kier molecular flexibility index (Phi) is 4.72. The molecule has 0 radical (unpaired) electrons. The molecule has 1 heterocycles. The van der Waals surface area contributed by atoms with Gasteiger partial charge in [-0.25, -0.2) is 9.37 Å². The van der Waals surface area contributed by atoms with Crippen LogP contribution in [0.25, 0.3) is 10.2 Å². The predicted molar refractivity (Wildman–Crippen MR) is 100 cm³/mol. The maximum atomic E-state index is 13.9. The Morgan fingerprint density at radius 2 is 1.96 bits per heavy atom. The molecule has 6 heteroatoms.